The van der Waals surface area contributed by atoms with Crippen molar-refractivity contribution < 1.29 is 40.5 Å². The summed E-state index contributed by atoms with van der Waals surface area (Å²) in [6.07, 6.45) is 0.918. The quantitative estimate of drug-likeness (QED) is 0.226. The minimum absolute atomic E-state index is 0.00119. The molecule has 4 aliphatic carbocycles. The molecule has 4 bridgehead atoms. The van der Waals surface area contributed by atoms with Crippen molar-refractivity contribution in [2.75, 3.05) is 13.1 Å². The molecule has 7 fully saturated rings. The molecule has 3 heterocycles. The largest absolute Gasteiger partial charge is 0.390 e. The van der Waals surface area contributed by atoms with Gasteiger partial charge in [-0.2, -0.15) is 0 Å². The molecule has 0 radical (unpaired) electrons. The number of aliphatic hydroxyl groups excluding tert-OH is 2. The maximum Gasteiger partial charge on any atom is 0.195 e. The molecule has 7 rings (SSSR count). The average Bonchev–Trinajstić information content (AvgIpc) is 2.99. The van der Waals surface area contributed by atoms with Crippen molar-refractivity contribution in [3.05, 3.63) is 0 Å². The number of aliphatic hydroxyl groups is 7. The molecule has 9 nitrogen and oxygen atoms in total. The van der Waals surface area contributed by atoms with E-state index in [1.54, 1.807) is 6.92 Å². The van der Waals surface area contributed by atoms with E-state index in [1.807, 2.05) is 0 Å². The topological polar surface area (TPSA) is 154 Å². The van der Waals surface area contributed by atoms with Crippen LogP contribution in [-0.4, -0.2) is 106 Å². The summed E-state index contributed by atoms with van der Waals surface area (Å²) < 4.78 is 6.41. The van der Waals surface area contributed by atoms with Crippen molar-refractivity contribution in [2.45, 2.75) is 117 Å². The summed E-state index contributed by atoms with van der Waals surface area (Å²) in [4.78, 5) is 2.12. The highest BCUT2D eigenvalue weighted by atomic mass is 16.7. The van der Waals surface area contributed by atoms with Crippen molar-refractivity contribution >= 4 is 0 Å². The van der Waals surface area contributed by atoms with E-state index in [0.29, 0.717) is 44.6 Å². The zero-order chi connectivity index (χ0) is 25.0. The Labute approximate surface area is 205 Å². The van der Waals surface area contributed by atoms with Crippen LogP contribution in [0, 0.1) is 29.6 Å². The van der Waals surface area contributed by atoms with Crippen molar-refractivity contribution in [2.24, 2.45) is 29.6 Å². The van der Waals surface area contributed by atoms with Crippen LogP contribution in [0.15, 0.2) is 0 Å². The molecule has 14 atom stereocenters. The molecule has 3 saturated heterocycles. The van der Waals surface area contributed by atoms with Gasteiger partial charge in [0, 0.05) is 49.7 Å². The predicted octanol–water partition coefficient (Wildman–Crippen LogP) is -0.916. The lowest BCUT2D eigenvalue weighted by Crippen LogP contribution is -2.85. The third-order valence-electron chi connectivity index (χ3n) is 12.4. The van der Waals surface area contributed by atoms with Crippen LogP contribution in [-0.2, 0) is 4.74 Å². The maximum absolute atomic E-state index is 12.6. The second kappa shape index (κ2) is 6.61. The van der Waals surface area contributed by atoms with Crippen molar-refractivity contribution in [1.82, 2.24) is 4.90 Å². The minimum Gasteiger partial charge on any atom is -0.390 e. The Morgan fingerprint density at radius 3 is 2.23 bits per heavy atom. The Bertz CT molecular complexity index is 948. The zero-order valence-corrected chi connectivity index (χ0v) is 20.7. The molecule has 10 unspecified atom stereocenters. The molecule has 0 aromatic heterocycles. The third-order valence-corrected chi connectivity index (χ3v) is 12.4. The summed E-state index contributed by atoms with van der Waals surface area (Å²) in [5.41, 5.74) is -8.35. The summed E-state index contributed by atoms with van der Waals surface area (Å²) in [5, 5.41) is 82.5. The molecular formula is C26H41NO8. The lowest BCUT2D eigenvalue weighted by atomic mass is 9.49. The fraction of sp³-hybridized carbons (Fsp3) is 1.00. The molecule has 198 valence electrons. The van der Waals surface area contributed by atoms with Gasteiger partial charge in [0.05, 0.1) is 11.7 Å². The van der Waals surface area contributed by atoms with Gasteiger partial charge in [0.15, 0.2) is 5.79 Å². The first-order valence-corrected chi connectivity index (χ1v) is 13.7. The predicted molar refractivity (Wildman–Crippen MR) is 122 cm³/mol. The molecule has 7 N–H and O–H groups in total. The molecule has 0 aromatic carbocycles. The molecule has 3 aliphatic heterocycles. The second-order valence-electron chi connectivity index (χ2n) is 13.7. The first-order valence-electron chi connectivity index (χ1n) is 13.7. The highest BCUT2D eigenvalue weighted by Gasteiger charge is 2.86. The summed E-state index contributed by atoms with van der Waals surface area (Å²) in [6.45, 7) is 4.67. The number of piperidine rings is 2. The van der Waals surface area contributed by atoms with Gasteiger partial charge in [0.1, 0.15) is 28.5 Å². The molecule has 0 aromatic rings. The fourth-order valence-electron chi connectivity index (χ4n) is 10.9. The van der Waals surface area contributed by atoms with Gasteiger partial charge >= 0.3 is 0 Å². The summed E-state index contributed by atoms with van der Waals surface area (Å²) in [5.74, 6) is -3.29. The lowest BCUT2D eigenvalue weighted by Gasteiger charge is -2.68. The van der Waals surface area contributed by atoms with Gasteiger partial charge in [-0.15, -0.1) is 0 Å². The highest BCUT2D eigenvalue weighted by molar-refractivity contribution is 5.35. The zero-order valence-electron chi connectivity index (χ0n) is 20.7. The minimum atomic E-state index is -2.01. The number of nitrogens with zero attached hydrogens (tertiary/aromatic N) is 1. The SMILES string of the molecule is CC1CCC2N(C1)CC1[C@](O)(C(O)C[C@@]3(O)C4CCC5C6CCC(O)C5(O)OC64C[C@@]13O)[C@]2(C)O. The van der Waals surface area contributed by atoms with Gasteiger partial charge in [-0.25, -0.2) is 0 Å². The molecule has 4 saturated carbocycles. The summed E-state index contributed by atoms with van der Waals surface area (Å²) in [6, 6.07) is -0.353. The van der Waals surface area contributed by atoms with Crippen LogP contribution in [0.5, 0.6) is 0 Å². The fourth-order valence-corrected chi connectivity index (χ4v) is 10.9. The van der Waals surface area contributed by atoms with Crippen LogP contribution in [0.4, 0.5) is 0 Å². The van der Waals surface area contributed by atoms with Gasteiger partial charge in [0.25, 0.3) is 0 Å². The monoisotopic (exact) mass is 495 g/mol. The Kier molecular flexibility index (Phi) is 4.48. The number of ether oxygens (including phenoxy) is 1. The van der Waals surface area contributed by atoms with Gasteiger partial charge in [-0.05, 0) is 57.3 Å². The van der Waals surface area contributed by atoms with E-state index >= 15 is 0 Å². The van der Waals surface area contributed by atoms with E-state index in [0.717, 1.165) is 6.42 Å². The van der Waals surface area contributed by atoms with Crippen molar-refractivity contribution in [1.29, 1.82) is 0 Å². The molecule has 35 heavy (non-hydrogen) atoms. The number of hydrogen-bond acceptors (Lipinski definition) is 9. The van der Waals surface area contributed by atoms with Crippen LogP contribution >= 0.6 is 0 Å². The number of hydrogen-bond donors (Lipinski definition) is 7. The summed E-state index contributed by atoms with van der Waals surface area (Å²) in [7, 11) is 0. The first kappa shape index (κ1) is 23.7. The number of rotatable bonds is 0. The van der Waals surface area contributed by atoms with Gasteiger partial charge in [-0.3, -0.25) is 4.90 Å². The van der Waals surface area contributed by atoms with E-state index in [2.05, 4.69) is 11.8 Å². The number of fused-ring (bicyclic) bond motifs is 5. The average molecular weight is 496 g/mol. The van der Waals surface area contributed by atoms with E-state index in [-0.39, 0.29) is 37.3 Å². The van der Waals surface area contributed by atoms with Crippen LogP contribution < -0.4 is 0 Å². The van der Waals surface area contributed by atoms with Gasteiger partial charge in [-0.1, -0.05) is 6.92 Å². The Hall–Kier alpha value is -0.360. The highest BCUT2D eigenvalue weighted by Crippen LogP contribution is 2.74. The smallest absolute Gasteiger partial charge is 0.195 e. The van der Waals surface area contributed by atoms with Crippen molar-refractivity contribution in [3.63, 3.8) is 0 Å². The van der Waals surface area contributed by atoms with E-state index in [9.17, 15) is 35.7 Å². The van der Waals surface area contributed by atoms with Gasteiger partial charge < -0.3 is 40.5 Å². The molecule has 9 heteroatoms. The third kappa shape index (κ3) is 2.35. The first-order chi connectivity index (χ1) is 16.3. The molecule has 7 aliphatic rings. The Morgan fingerprint density at radius 1 is 0.771 bits per heavy atom. The molecule has 0 amide bonds. The standard InChI is InChI=1S/C26H41NO8/c1-13-3-7-18-21(2,30)25(33)17(11-27(18)10-13)24(32)12-22-14-5-8-19(28)26(34,35-22)15(14)4-6-16(22)23(24,31)9-20(25)29/h13-20,28-34H,3-12H2,1-2H3/t13?,14?,15?,16?,17?,18?,19?,20?,21-,22?,23-,24-,25+,26?/m1/s1. The van der Waals surface area contributed by atoms with Gasteiger partial charge in [0.2, 0.25) is 0 Å². The molecular weight excluding hydrogens is 454 g/mol. The van der Waals surface area contributed by atoms with Crippen LogP contribution in [0.1, 0.15) is 65.2 Å². The Balaban J connectivity index is 1.37. The van der Waals surface area contributed by atoms with Crippen LogP contribution in [0.3, 0.4) is 0 Å². The van der Waals surface area contributed by atoms with E-state index in [4.69, 9.17) is 4.74 Å². The lowest BCUT2D eigenvalue weighted by molar-refractivity contribution is -0.354. The van der Waals surface area contributed by atoms with Crippen molar-refractivity contribution in [3.8, 4) is 0 Å². The second-order valence-corrected chi connectivity index (χ2v) is 13.7. The van der Waals surface area contributed by atoms with E-state index in [1.165, 1.54) is 0 Å². The van der Waals surface area contributed by atoms with E-state index < -0.39 is 57.8 Å². The van der Waals surface area contributed by atoms with Crippen LogP contribution in [0.2, 0.25) is 0 Å². The maximum atomic E-state index is 12.6. The van der Waals surface area contributed by atoms with Crippen LogP contribution in [0.25, 0.3) is 0 Å². The molecule has 1 spiro atoms. The summed E-state index contributed by atoms with van der Waals surface area (Å²) >= 11 is 0. The Morgan fingerprint density at radius 2 is 1.49 bits per heavy atom. The normalized spacial score (nSPS) is 67.5.